The third-order valence-corrected chi connectivity index (χ3v) is 4.65. The van der Waals surface area contributed by atoms with Gasteiger partial charge in [0.15, 0.2) is 0 Å². The Morgan fingerprint density at radius 3 is 2.60 bits per heavy atom. The van der Waals surface area contributed by atoms with E-state index in [-0.39, 0.29) is 29.0 Å². The lowest BCUT2D eigenvalue weighted by molar-refractivity contribution is 0.259. The van der Waals surface area contributed by atoms with Crippen molar-refractivity contribution in [2.24, 2.45) is 11.7 Å². The van der Waals surface area contributed by atoms with Crippen LogP contribution in [0.1, 0.15) is 13.8 Å². The Morgan fingerprint density at radius 1 is 1.24 bits per heavy atom. The summed E-state index contributed by atoms with van der Waals surface area (Å²) in [5, 5.41) is 2.36. The van der Waals surface area contributed by atoms with E-state index in [9.17, 15) is 13.2 Å². The molecule has 2 aromatic heterocycles. The first-order chi connectivity index (χ1) is 11.7. The van der Waals surface area contributed by atoms with Crippen molar-refractivity contribution in [2.45, 2.75) is 18.7 Å². The summed E-state index contributed by atoms with van der Waals surface area (Å²) in [6.45, 7) is 4.07. The van der Waals surface area contributed by atoms with Gasteiger partial charge in [0.2, 0.25) is 10.0 Å². The number of hydrogen-bond donors (Lipinski definition) is 4. The molecule has 0 atom stereocenters. The fraction of sp³-hybridized carbons (Fsp3) is 0.267. The smallest absolute Gasteiger partial charge is 0.317 e. The third kappa shape index (κ3) is 4.88. The second-order valence-electron chi connectivity index (χ2n) is 5.77. The molecule has 0 fully saturated rings. The van der Waals surface area contributed by atoms with E-state index in [1.807, 2.05) is 13.8 Å². The van der Waals surface area contributed by atoms with Crippen LogP contribution >= 0.6 is 0 Å². The van der Waals surface area contributed by atoms with E-state index >= 15 is 0 Å². The molecule has 0 aromatic carbocycles. The average Bonchev–Trinajstić information content (AvgIpc) is 2.53. The molecular weight excluding hydrogens is 344 g/mol. The summed E-state index contributed by atoms with van der Waals surface area (Å²) in [5.41, 5.74) is 11.9. The maximum atomic E-state index is 12.4. The fourth-order valence-electron chi connectivity index (χ4n) is 1.99. The molecule has 9 nitrogen and oxygen atoms in total. The quantitative estimate of drug-likeness (QED) is 0.603. The highest BCUT2D eigenvalue weighted by Gasteiger charge is 2.19. The van der Waals surface area contributed by atoms with Crippen molar-refractivity contribution in [1.29, 1.82) is 0 Å². The van der Waals surface area contributed by atoms with Gasteiger partial charge in [-0.25, -0.2) is 27.9 Å². The van der Waals surface area contributed by atoms with Gasteiger partial charge in [0.25, 0.3) is 0 Å². The van der Waals surface area contributed by atoms with Crippen LogP contribution in [-0.4, -0.2) is 31.0 Å². The topological polar surface area (TPSA) is 153 Å². The van der Waals surface area contributed by atoms with Gasteiger partial charge >= 0.3 is 6.03 Å². The number of anilines is 2. The number of aromatic nitrogens is 2. The number of nitrogens with one attached hydrogen (secondary N) is 2. The van der Waals surface area contributed by atoms with E-state index in [1.54, 1.807) is 12.1 Å². The molecular formula is C15H20N6O3S. The SMILES string of the molecule is CC(C)CNS(=O)(=O)c1cc(-c2ccnc(NC(N)=O)c2)cnc1N. The summed E-state index contributed by atoms with van der Waals surface area (Å²) in [6, 6.07) is 3.88. The van der Waals surface area contributed by atoms with Gasteiger partial charge in [-0.2, -0.15) is 0 Å². The highest BCUT2D eigenvalue weighted by Crippen LogP contribution is 2.26. The predicted molar refractivity (Wildman–Crippen MR) is 95.1 cm³/mol. The van der Waals surface area contributed by atoms with E-state index in [0.717, 1.165) is 0 Å². The molecule has 2 heterocycles. The molecule has 10 heteroatoms. The Labute approximate surface area is 145 Å². The number of hydrogen-bond acceptors (Lipinski definition) is 6. The molecule has 0 radical (unpaired) electrons. The zero-order chi connectivity index (χ0) is 18.6. The number of urea groups is 1. The van der Waals surface area contributed by atoms with Crippen molar-refractivity contribution in [3.63, 3.8) is 0 Å². The van der Waals surface area contributed by atoms with Crippen molar-refractivity contribution in [3.05, 3.63) is 30.6 Å². The number of nitrogens with two attached hydrogens (primary N) is 2. The first-order valence-electron chi connectivity index (χ1n) is 7.47. The van der Waals surface area contributed by atoms with Crippen LogP contribution in [0.25, 0.3) is 11.1 Å². The number of pyridine rings is 2. The average molecular weight is 364 g/mol. The number of rotatable bonds is 6. The maximum absolute atomic E-state index is 12.4. The predicted octanol–water partition coefficient (Wildman–Crippen LogP) is 1.15. The van der Waals surface area contributed by atoms with Crippen LogP contribution in [0.4, 0.5) is 16.4 Å². The minimum atomic E-state index is -3.79. The standard InChI is InChI=1S/C15H20N6O3S/c1-9(2)7-20-25(23,24)12-5-11(8-19-14(12)16)10-3-4-18-13(6-10)21-15(17)22/h3-6,8-9,20H,7H2,1-2H3,(H2,16,19)(H3,17,18,21,22). The van der Waals surface area contributed by atoms with Gasteiger partial charge in [-0.3, -0.25) is 5.32 Å². The Hall–Kier alpha value is -2.72. The van der Waals surface area contributed by atoms with Crippen molar-refractivity contribution in [1.82, 2.24) is 14.7 Å². The van der Waals surface area contributed by atoms with Crippen LogP contribution in [0, 0.1) is 5.92 Å². The number of nitrogen functional groups attached to an aromatic ring is 1. The van der Waals surface area contributed by atoms with E-state index in [4.69, 9.17) is 11.5 Å². The fourth-order valence-corrected chi connectivity index (χ4v) is 3.31. The number of carbonyl (C=O) groups is 1. The second-order valence-corrected chi connectivity index (χ2v) is 7.51. The molecule has 0 aliphatic carbocycles. The van der Waals surface area contributed by atoms with Crippen LogP contribution in [-0.2, 0) is 10.0 Å². The molecule has 2 rings (SSSR count). The van der Waals surface area contributed by atoms with E-state index in [2.05, 4.69) is 20.0 Å². The lowest BCUT2D eigenvalue weighted by Crippen LogP contribution is -2.28. The van der Waals surface area contributed by atoms with Crippen LogP contribution < -0.4 is 21.5 Å². The van der Waals surface area contributed by atoms with Gasteiger partial charge in [-0.05, 0) is 29.7 Å². The molecule has 134 valence electrons. The molecule has 0 saturated carbocycles. The molecule has 0 saturated heterocycles. The number of primary amides is 1. The van der Waals surface area contributed by atoms with E-state index < -0.39 is 16.1 Å². The lowest BCUT2D eigenvalue weighted by Gasteiger charge is -2.12. The first-order valence-corrected chi connectivity index (χ1v) is 8.95. The Kier molecular flexibility index (Phi) is 5.55. The molecule has 6 N–H and O–H groups in total. The monoisotopic (exact) mass is 364 g/mol. The maximum Gasteiger partial charge on any atom is 0.317 e. The third-order valence-electron chi connectivity index (χ3n) is 3.20. The molecule has 2 amide bonds. The van der Waals surface area contributed by atoms with Crippen LogP contribution in [0.5, 0.6) is 0 Å². The molecule has 0 spiro atoms. The van der Waals surface area contributed by atoms with E-state index in [1.165, 1.54) is 18.5 Å². The van der Waals surface area contributed by atoms with Gasteiger partial charge < -0.3 is 11.5 Å². The number of amides is 2. The van der Waals surface area contributed by atoms with Gasteiger partial charge in [0.05, 0.1) is 0 Å². The second kappa shape index (κ2) is 7.45. The van der Waals surface area contributed by atoms with E-state index in [0.29, 0.717) is 11.1 Å². The lowest BCUT2D eigenvalue weighted by atomic mass is 10.1. The van der Waals surface area contributed by atoms with Crippen LogP contribution in [0.2, 0.25) is 0 Å². The van der Waals surface area contributed by atoms with Gasteiger partial charge in [0.1, 0.15) is 16.5 Å². The molecule has 2 aromatic rings. The molecule has 0 aliphatic rings. The summed E-state index contributed by atoms with van der Waals surface area (Å²) in [4.78, 5) is 18.7. The highest BCUT2D eigenvalue weighted by atomic mass is 32.2. The minimum Gasteiger partial charge on any atom is -0.383 e. The molecule has 0 aliphatic heterocycles. The first kappa shape index (κ1) is 18.6. The Balaban J connectivity index is 2.40. The summed E-state index contributed by atoms with van der Waals surface area (Å²) in [7, 11) is -3.79. The molecule has 25 heavy (non-hydrogen) atoms. The summed E-state index contributed by atoms with van der Waals surface area (Å²) < 4.78 is 27.4. The summed E-state index contributed by atoms with van der Waals surface area (Å²) in [6.07, 6.45) is 2.91. The number of sulfonamides is 1. The highest BCUT2D eigenvalue weighted by molar-refractivity contribution is 7.89. The normalized spacial score (nSPS) is 11.5. The Morgan fingerprint density at radius 2 is 1.96 bits per heavy atom. The zero-order valence-corrected chi connectivity index (χ0v) is 14.7. The van der Waals surface area contributed by atoms with Crippen molar-refractivity contribution in [2.75, 3.05) is 17.6 Å². The summed E-state index contributed by atoms with van der Waals surface area (Å²) in [5.74, 6) is 0.295. The number of carbonyl (C=O) groups excluding carboxylic acids is 1. The van der Waals surface area contributed by atoms with Crippen molar-refractivity contribution < 1.29 is 13.2 Å². The summed E-state index contributed by atoms with van der Waals surface area (Å²) >= 11 is 0. The van der Waals surface area contributed by atoms with Gasteiger partial charge in [-0.15, -0.1) is 0 Å². The molecule has 0 unspecified atom stereocenters. The largest absolute Gasteiger partial charge is 0.383 e. The zero-order valence-electron chi connectivity index (χ0n) is 13.9. The number of nitrogens with zero attached hydrogens (tertiary/aromatic N) is 2. The molecule has 0 bridgehead atoms. The minimum absolute atomic E-state index is 0.0930. The van der Waals surface area contributed by atoms with Crippen molar-refractivity contribution >= 4 is 27.7 Å². The van der Waals surface area contributed by atoms with Crippen LogP contribution in [0.15, 0.2) is 35.5 Å². The van der Waals surface area contributed by atoms with Gasteiger partial charge in [-0.1, -0.05) is 13.8 Å². The van der Waals surface area contributed by atoms with Gasteiger partial charge in [0, 0.05) is 24.5 Å². The van der Waals surface area contributed by atoms with Crippen molar-refractivity contribution in [3.8, 4) is 11.1 Å². The Bertz CT molecular complexity index is 883. The van der Waals surface area contributed by atoms with Crippen LogP contribution in [0.3, 0.4) is 0 Å².